The van der Waals surface area contributed by atoms with Gasteiger partial charge in [0.1, 0.15) is 11.6 Å². The summed E-state index contributed by atoms with van der Waals surface area (Å²) in [5, 5.41) is 12.4. The molecule has 0 saturated heterocycles. The third-order valence-corrected chi connectivity index (χ3v) is 3.25. The molecule has 0 aromatic carbocycles. The van der Waals surface area contributed by atoms with Crippen molar-refractivity contribution in [3.05, 3.63) is 24.2 Å². The minimum Gasteiger partial charge on any atom is -0.365 e. The van der Waals surface area contributed by atoms with Crippen molar-refractivity contribution in [3.63, 3.8) is 0 Å². The van der Waals surface area contributed by atoms with E-state index in [-0.39, 0.29) is 5.82 Å². The summed E-state index contributed by atoms with van der Waals surface area (Å²) < 4.78 is 0. The zero-order valence-corrected chi connectivity index (χ0v) is 9.93. The van der Waals surface area contributed by atoms with E-state index in [9.17, 15) is 0 Å². The van der Waals surface area contributed by atoms with Crippen LogP contribution in [0.2, 0.25) is 0 Å². The Kier molecular flexibility index (Phi) is 2.77. The minimum absolute atomic E-state index is 0.191. The third kappa shape index (κ3) is 1.97. The van der Waals surface area contributed by atoms with E-state index in [2.05, 4.69) is 20.3 Å². The molecule has 5 nitrogen and oxygen atoms in total. The Labute approximate surface area is 105 Å². The summed E-state index contributed by atoms with van der Waals surface area (Å²) >= 11 is 0. The second-order valence-corrected chi connectivity index (χ2v) is 4.50. The first-order chi connectivity index (χ1) is 8.86. The van der Waals surface area contributed by atoms with E-state index in [0.717, 1.165) is 18.4 Å². The first-order valence-corrected chi connectivity index (χ1v) is 6.16. The van der Waals surface area contributed by atoms with Gasteiger partial charge in [0.05, 0.1) is 5.52 Å². The van der Waals surface area contributed by atoms with Crippen LogP contribution in [0.4, 0.5) is 5.82 Å². The molecule has 2 heterocycles. The van der Waals surface area contributed by atoms with Gasteiger partial charge in [0, 0.05) is 12.2 Å². The summed E-state index contributed by atoms with van der Waals surface area (Å²) in [5.74, 6) is 0.875. The standard InChI is InChI=1S/C13H13N5/c14-8-11-17-10-6-3-7-15-12(10)13(18-11)16-9-4-1-2-5-9/h3,6-7,9H,1-2,4-5H2,(H,16,17,18). The van der Waals surface area contributed by atoms with Crippen molar-refractivity contribution >= 4 is 16.9 Å². The lowest BCUT2D eigenvalue weighted by Crippen LogP contribution is -2.16. The Morgan fingerprint density at radius 2 is 2.11 bits per heavy atom. The molecule has 2 aromatic heterocycles. The number of aromatic nitrogens is 3. The lowest BCUT2D eigenvalue weighted by molar-refractivity contribution is 0.750. The molecule has 0 radical (unpaired) electrons. The number of pyridine rings is 1. The lowest BCUT2D eigenvalue weighted by atomic mass is 10.2. The highest BCUT2D eigenvalue weighted by atomic mass is 15.1. The Morgan fingerprint density at radius 1 is 1.28 bits per heavy atom. The molecular weight excluding hydrogens is 226 g/mol. The summed E-state index contributed by atoms with van der Waals surface area (Å²) in [6.07, 6.45) is 6.52. The molecule has 18 heavy (non-hydrogen) atoms. The number of nitrogens with zero attached hydrogens (tertiary/aromatic N) is 4. The minimum atomic E-state index is 0.191. The fraction of sp³-hybridized carbons (Fsp3) is 0.385. The van der Waals surface area contributed by atoms with E-state index in [4.69, 9.17) is 5.26 Å². The molecule has 0 unspecified atom stereocenters. The van der Waals surface area contributed by atoms with Gasteiger partial charge in [0.2, 0.25) is 5.82 Å². The van der Waals surface area contributed by atoms with Crippen LogP contribution < -0.4 is 5.32 Å². The molecule has 0 amide bonds. The zero-order chi connectivity index (χ0) is 12.4. The highest BCUT2D eigenvalue weighted by Crippen LogP contribution is 2.24. The van der Waals surface area contributed by atoms with Gasteiger partial charge in [-0.05, 0) is 25.0 Å². The van der Waals surface area contributed by atoms with Crippen molar-refractivity contribution in [2.24, 2.45) is 0 Å². The quantitative estimate of drug-likeness (QED) is 0.870. The maximum absolute atomic E-state index is 8.96. The molecule has 1 fully saturated rings. The second-order valence-electron chi connectivity index (χ2n) is 4.50. The topological polar surface area (TPSA) is 74.5 Å². The molecule has 0 atom stereocenters. The van der Waals surface area contributed by atoms with Crippen LogP contribution in [0.15, 0.2) is 18.3 Å². The Balaban J connectivity index is 2.05. The number of rotatable bonds is 2. The normalized spacial score (nSPS) is 15.7. The van der Waals surface area contributed by atoms with Crippen molar-refractivity contribution < 1.29 is 0 Å². The summed E-state index contributed by atoms with van der Waals surface area (Å²) in [4.78, 5) is 12.7. The lowest BCUT2D eigenvalue weighted by Gasteiger charge is -2.13. The van der Waals surface area contributed by atoms with Gasteiger partial charge in [-0.25, -0.2) is 4.98 Å². The zero-order valence-electron chi connectivity index (χ0n) is 9.93. The van der Waals surface area contributed by atoms with E-state index in [0.29, 0.717) is 17.4 Å². The molecule has 1 saturated carbocycles. The smallest absolute Gasteiger partial charge is 0.234 e. The highest BCUT2D eigenvalue weighted by molar-refractivity contribution is 5.85. The molecule has 90 valence electrons. The maximum Gasteiger partial charge on any atom is 0.234 e. The van der Waals surface area contributed by atoms with Crippen LogP contribution in [0.5, 0.6) is 0 Å². The molecule has 5 heteroatoms. The fourth-order valence-corrected chi connectivity index (χ4v) is 2.38. The summed E-state index contributed by atoms with van der Waals surface area (Å²) in [5.41, 5.74) is 1.45. The number of nitrogens with one attached hydrogen (secondary N) is 1. The average Bonchev–Trinajstić information content (AvgIpc) is 2.91. The maximum atomic E-state index is 8.96. The van der Waals surface area contributed by atoms with Crippen molar-refractivity contribution in [2.75, 3.05) is 5.32 Å². The van der Waals surface area contributed by atoms with Gasteiger partial charge in [-0.2, -0.15) is 10.2 Å². The van der Waals surface area contributed by atoms with Crippen LogP contribution >= 0.6 is 0 Å². The van der Waals surface area contributed by atoms with Crippen LogP contribution in [-0.4, -0.2) is 21.0 Å². The van der Waals surface area contributed by atoms with E-state index in [1.54, 1.807) is 6.20 Å². The van der Waals surface area contributed by atoms with Gasteiger partial charge in [-0.1, -0.05) is 12.8 Å². The SMILES string of the molecule is N#Cc1nc(NC2CCCC2)c2ncccc2n1. The molecule has 0 bridgehead atoms. The van der Waals surface area contributed by atoms with Gasteiger partial charge in [-0.15, -0.1) is 0 Å². The van der Waals surface area contributed by atoms with Crippen LogP contribution in [0.25, 0.3) is 11.0 Å². The van der Waals surface area contributed by atoms with Gasteiger partial charge in [-0.3, -0.25) is 4.98 Å². The Bertz CT molecular complexity index is 610. The highest BCUT2D eigenvalue weighted by Gasteiger charge is 2.17. The Hall–Kier alpha value is -2.22. The molecule has 1 N–H and O–H groups in total. The fourth-order valence-electron chi connectivity index (χ4n) is 2.38. The van der Waals surface area contributed by atoms with Crippen molar-refractivity contribution in [1.82, 2.24) is 15.0 Å². The third-order valence-electron chi connectivity index (χ3n) is 3.25. The number of fused-ring (bicyclic) bond motifs is 1. The van der Waals surface area contributed by atoms with Gasteiger partial charge < -0.3 is 5.32 Å². The molecule has 1 aliphatic rings. The van der Waals surface area contributed by atoms with Gasteiger partial charge in [0.15, 0.2) is 5.82 Å². The first-order valence-electron chi connectivity index (χ1n) is 6.16. The van der Waals surface area contributed by atoms with Crippen LogP contribution in [0, 0.1) is 11.3 Å². The molecule has 0 spiro atoms. The van der Waals surface area contributed by atoms with E-state index >= 15 is 0 Å². The van der Waals surface area contributed by atoms with Crippen molar-refractivity contribution in [3.8, 4) is 6.07 Å². The predicted molar refractivity (Wildman–Crippen MR) is 67.9 cm³/mol. The number of hydrogen-bond donors (Lipinski definition) is 1. The molecule has 0 aliphatic heterocycles. The van der Waals surface area contributed by atoms with Crippen LogP contribution in [0.1, 0.15) is 31.5 Å². The summed E-state index contributed by atoms with van der Waals surface area (Å²) in [7, 11) is 0. The Morgan fingerprint density at radius 3 is 2.89 bits per heavy atom. The van der Waals surface area contributed by atoms with Gasteiger partial charge in [0.25, 0.3) is 0 Å². The van der Waals surface area contributed by atoms with Gasteiger partial charge >= 0.3 is 0 Å². The second kappa shape index (κ2) is 4.57. The molecule has 2 aromatic rings. The summed E-state index contributed by atoms with van der Waals surface area (Å²) in [6, 6.07) is 6.10. The number of nitriles is 1. The van der Waals surface area contributed by atoms with Crippen molar-refractivity contribution in [1.29, 1.82) is 5.26 Å². The first kappa shape index (κ1) is 10.9. The number of anilines is 1. The van der Waals surface area contributed by atoms with Crippen molar-refractivity contribution in [2.45, 2.75) is 31.7 Å². The molecule has 3 rings (SSSR count). The average molecular weight is 239 g/mol. The summed E-state index contributed by atoms with van der Waals surface area (Å²) in [6.45, 7) is 0. The van der Waals surface area contributed by atoms with Crippen LogP contribution in [-0.2, 0) is 0 Å². The molecular formula is C13H13N5. The van der Waals surface area contributed by atoms with Crippen LogP contribution in [0.3, 0.4) is 0 Å². The predicted octanol–water partition coefficient (Wildman–Crippen LogP) is 2.25. The molecule has 1 aliphatic carbocycles. The van der Waals surface area contributed by atoms with E-state index < -0.39 is 0 Å². The van der Waals surface area contributed by atoms with E-state index in [1.807, 2.05) is 18.2 Å². The van der Waals surface area contributed by atoms with E-state index in [1.165, 1.54) is 12.8 Å². The monoisotopic (exact) mass is 239 g/mol. The number of hydrogen-bond acceptors (Lipinski definition) is 5. The largest absolute Gasteiger partial charge is 0.365 e.